The second kappa shape index (κ2) is 8.33. The molecule has 1 N–H and O–H groups in total. The summed E-state index contributed by atoms with van der Waals surface area (Å²) in [5.74, 6) is -0.678. The Morgan fingerprint density at radius 1 is 1.39 bits per heavy atom. The molecule has 2 rings (SSSR count). The Labute approximate surface area is 147 Å². The molecule has 8 heteroatoms. The highest BCUT2D eigenvalue weighted by Crippen LogP contribution is 2.26. The van der Waals surface area contributed by atoms with Gasteiger partial charge in [0.05, 0.1) is 11.9 Å². The van der Waals surface area contributed by atoms with Crippen molar-refractivity contribution in [2.24, 2.45) is 0 Å². The molecule has 0 bridgehead atoms. The summed E-state index contributed by atoms with van der Waals surface area (Å²) in [7, 11) is 0. The zero-order valence-corrected chi connectivity index (χ0v) is 14.9. The molecule has 122 valence electrons. The van der Waals surface area contributed by atoms with E-state index in [0.29, 0.717) is 10.2 Å². The molecular formula is C15H15ClN2O3S2. The van der Waals surface area contributed by atoms with E-state index in [4.69, 9.17) is 16.3 Å². The molecule has 1 atom stereocenters. The van der Waals surface area contributed by atoms with E-state index in [9.17, 15) is 9.59 Å². The number of nitrogens with zero attached hydrogens (tertiary/aromatic N) is 1. The zero-order valence-electron chi connectivity index (χ0n) is 12.5. The molecule has 5 nitrogen and oxygen atoms in total. The molecule has 0 radical (unpaired) electrons. The van der Waals surface area contributed by atoms with Crippen LogP contribution in [0.15, 0.2) is 34.5 Å². The molecule has 1 aromatic carbocycles. The van der Waals surface area contributed by atoms with Crippen LogP contribution < -0.4 is 5.32 Å². The number of anilines is 1. The van der Waals surface area contributed by atoms with E-state index in [1.165, 1.54) is 23.1 Å². The van der Waals surface area contributed by atoms with Crippen LogP contribution in [0.2, 0.25) is 5.02 Å². The van der Waals surface area contributed by atoms with Gasteiger partial charge in [0.15, 0.2) is 10.8 Å². The van der Waals surface area contributed by atoms with Crippen LogP contribution in [0.3, 0.4) is 0 Å². The zero-order chi connectivity index (χ0) is 16.8. The molecule has 0 fully saturated rings. The summed E-state index contributed by atoms with van der Waals surface area (Å²) in [6.07, 6.45) is 0. The summed E-state index contributed by atoms with van der Waals surface area (Å²) < 4.78 is 4.86. The highest BCUT2D eigenvalue weighted by Gasteiger charge is 2.18. The quantitative estimate of drug-likeness (QED) is 0.612. The lowest BCUT2D eigenvalue weighted by Crippen LogP contribution is -2.22. The lowest BCUT2D eigenvalue weighted by molar-refractivity contribution is -0.115. The Morgan fingerprint density at radius 3 is 2.74 bits per heavy atom. The number of nitrogens with one attached hydrogen (secondary N) is 1. The molecule has 0 saturated heterocycles. The van der Waals surface area contributed by atoms with E-state index in [1.807, 2.05) is 12.1 Å². The van der Waals surface area contributed by atoms with Crippen LogP contribution in [-0.2, 0) is 9.53 Å². The van der Waals surface area contributed by atoms with Crippen molar-refractivity contribution in [3.63, 3.8) is 0 Å². The van der Waals surface area contributed by atoms with Gasteiger partial charge < -0.3 is 10.1 Å². The van der Waals surface area contributed by atoms with Crippen molar-refractivity contribution in [3.05, 3.63) is 40.4 Å². The first-order valence-electron chi connectivity index (χ1n) is 6.85. The van der Waals surface area contributed by atoms with Crippen molar-refractivity contribution in [3.8, 4) is 0 Å². The van der Waals surface area contributed by atoms with Crippen molar-refractivity contribution in [1.29, 1.82) is 0 Å². The second-order valence-electron chi connectivity index (χ2n) is 4.46. The summed E-state index contributed by atoms with van der Waals surface area (Å²) in [5, 5.41) is 4.98. The van der Waals surface area contributed by atoms with Gasteiger partial charge >= 0.3 is 5.97 Å². The van der Waals surface area contributed by atoms with Crippen molar-refractivity contribution in [2.75, 3.05) is 11.9 Å². The Kier molecular flexibility index (Phi) is 6.44. The van der Waals surface area contributed by atoms with Gasteiger partial charge in [0, 0.05) is 15.3 Å². The average Bonchev–Trinajstić information content (AvgIpc) is 2.98. The number of esters is 1. The average molecular weight is 371 g/mol. The molecule has 0 aliphatic carbocycles. The van der Waals surface area contributed by atoms with Crippen molar-refractivity contribution < 1.29 is 14.3 Å². The Morgan fingerprint density at radius 2 is 2.09 bits per heavy atom. The minimum atomic E-state index is -0.493. The molecule has 1 amide bonds. The Bertz CT molecular complexity index is 688. The summed E-state index contributed by atoms with van der Waals surface area (Å²) in [6.45, 7) is 3.81. The number of rotatable bonds is 6. The first kappa shape index (κ1) is 17.8. The first-order valence-corrected chi connectivity index (χ1v) is 8.99. The number of benzene rings is 1. The summed E-state index contributed by atoms with van der Waals surface area (Å²) in [5.41, 5.74) is 0.199. The van der Waals surface area contributed by atoms with E-state index in [2.05, 4.69) is 10.3 Å². The summed E-state index contributed by atoms with van der Waals surface area (Å²) >= 11 is 8.44. The number of halogens is 1. The van der Waals surface area contributed by atoms with Gasteiger partial charge in [0.25, 0.3) is 0 Å². The fourth-order valence-corrected chi connectivity index (χ4v) is 3.28. The van der Waals surface area contributed by atoms with Crippen LogP contribution in [0.5, 0.6) is 0 Å². The van der Waals surface area contributed by atoms with E-state index in [-0.39, 0.29) is 23.5 Å². The van der Waals surface area contributed by atoms with Gasteiger partial charge in [-0.05, 0) is 38.1 Å². The van der Waals surface area contributed by atoms with Crippen LogP contribution in [0.25, 0.3) is 0 Å². The molecular weight excluding hydrogens is 356 g/mol. The highest BCUT2D eigenvalue weighted by molar-refractivity contribution is 8.00. The fraction of sp³-hybridized carbons (Fsp3) is 0.267. The smallest absolute Gasteiger partial charge is 0.357 e. The van der Waals surface area contributed by atoms with Crippen LogP contribution in [0.4, 0.5) is 5.13 Å². The minimum absolute atomic E-state index is 0.185. The number of thioether (sulfide) groups is 1. The fourth-order valence-electron chi connectivity index (χ4n) is 1.61. The maximum absolute atomic E-state index is 12.2. The van der Waals surface area contributed by atoms with Crippen molar-refractivity contribution in [1.82, 2.24) is 4.98 Å². The molecule has 0 aliphatic rings. The third-order valence-corrected chi connectivity index (χ3v) is 4.84. The number of aromatic nitrogens is 1. The maximum atomic E-state index is 12.2. The monoisotopic (exact) mass is 370 g/mol. The third kappa shape index (κ3) is 5.23. The van der Waals surface area contributed by atoms with E-state index in [0.717, 1.165) is 4.90 Å². The SMILES string of the molecule is CCOC(=O)c1csc(NC(=O)C(C)Sc2ccc(Cl)cc2)n1. The van der Waals surface area contributed by atoms with E-state index in [1.54, 1.807) is 31.4 Å². The van der Waals surface area contributed by atoms with Crippen molar-refractivity contribution >= 4 is 51.7 Å². The van der Waals surface area contributed by atoms with Crippen molar-refractivity contribution in [2.45, 2.75) is 24.0 Å². The van der Waals surface area contributed by atoms with Gasteiger partial charge in [-0.15, -0.1) is 23.1 Å². The lowest BCUT2D eigenvalue weighted by Gasteiger charge is -2.10. The van der Waals surface area contributed by atoms with E-state index >= 15 is 0 Å². The summed E-state index contributed by atoms with van der Waals surface area (Å²) in [6, 6.07) is 7.28. The molecule has 2 aromatic rings. The number of hydrogen-bond donors (Lipinski definition) is 1. The number of ether oxygens (including phenoxy) is 1. The molecule has 0 spiro atoms. The first-order chi connectivity index (χ1) is 11.0. The third-order valence-electron chi connectivity index (χ3n) is 2.71. The van der Waals surface area contributed by atoms with Gasteiger partial charge in [-0.3, -0.25) is 4.79 Å². The lowest BCUT2D eigenvalue weighted by atomic mass is 10.4. The van der Waals surface area contributed by atoms with Crippen LogP contribution in [0.1, 0.15) is 24.3 Å². The molecule has 1 unspecified atom stereocenters. The maximum Gasteiger partial charge on any atom is 0.357 e. The van der Waals surface area contributed by atoms with Gasteiger partial charge in [-0.25, -0.2) is 9.78 Å². The van der Waals surface area contributed by atoms with Crippen LogP contribution in [0, 0.1) is 0 Å². The Balaban J connectivity index is 1.93. The predicted molar refractivity (Wildman–Crippen MR) is 93.5 cm³/mol. The molecule has 1 heterocycles. The van der Waals surface area contributed by atoms with Crippen LogP contribution in [-0.4, -0.2) is 28.7 Å². The standard InChI is InChI=1S/C15H15ClN2O3S2/c1-3-21-14(20)12-8-22-15(17-12)18-13(19)9(2)23-11-6-4-10(16)5-7-11/h4-9H,3H2,1-2H3,(H,17,18,19). The minimum Gasteiger partial charge on any atom is -0.461 e. The number of amides is 1. The van der Waals surface area contributed by atoms with Gasteiger partial charge in [0.1, 0.15) is 0 Å². The van der Waals surface area contributed by atoms with Gasteiger partial charge in [-0.2, -0.15) is 0 Å². The number of carbonyl (C=O) groups excluding carboxylic acids is 2. The highest BCUT2D eigenvalue weighted by atomic mass is 35.5. The number of hydrogen-bond acceptors (Lipinski definition) is 6. The predicted octanol–water partition coefficient (Wildman–Crippen LogP) is 4.09. The van der Waals surface area contributed by atoms with Gasteiger partial charge in [0.2, 0.25) is 5.91 Å². The molecule has 0 saturated carbocycles. The van der Waals surface area contributed by atoms with E-state index < -0.39 is 5.97 Å². The topological polar surface area (TPSA) is 68.3 Å². The normalized spacial score (nSPS) is 11.8. The summed E-state index contributed by atoms with van der Waals surface area (Å²) in [4.78, 5) is 28.7. The van der Waals surface area contributed by atoms with Crippen LogP contribution >= 0.6 is 34.7 Å². The number of thiazole rings is 1. The largest absolute Gasteiger partial charge is 0.461 e. The van der Waals surface area contributed by atoms with Gasteiger partial charge in [-0.1, -0.05) is 11.6 Å². The molecule has 23 heavy (non-hydrogen) atoms. The molecule has 0 aliphatic heterocycles. The molecule has 1 aromatic heterocycles. The second-order valence-corrected chi connectivity index (χ2v) is 7.17. The Hall–Kier alpha value is -1.57. The number of carbonyl (C=O) groups is 2.